The Bertz CT molecular complexity index is 560. The van der Waals surface area contributed by atoms with Crippen LogP contribution in [0, 0.1) is 0 Å². The Morgan fingerprint density at radius 1 is 1.39 bits per heavy atom. The van der Waals surface area contributed by atoms with Crippen molar-refractivity contribution in [3.8, 4) is 0 Å². The van der Waals surface area contributed by atoms with Gasteiger partial charge >= 0.3 is 5.97 Å². The van der Waals surface area contributed by atoms with Gasteiger partial charge in [0.05, 0.1) is 19.2 Å². The van der Waals surface area contributed by atoms with E-state index in [1.807, 2.05) is 43.3 Å². The minimum atomic E-state index is -0.345. The fourth-order valence-electron chi connectivity index (χ4n) is 1.85. The van der Waals surface area contributed by atoms with Crippen molar-refractivity contribution >= 4 is 16.9 Å². The maximum atomic E-state index is 11.9. The van der Waals surface area contributed by atoms with E-state index in [9.17, 15) is 4.79 Å². The van der Waals surface area contributed by atoms with Crippen LogP contribution < -0.4 is 0 Å². The summed E-state index contributed by atoms with van der Waals surface area (Å²) >= 11 is 0. The molecule has 0 spiro atoms. The van der Waals surface area contributed by atoms with Crippen LogP contribution in [0.4, 0.5) is 0 Å². The lowest BCUT2D eigenvalue weighted by Crippen LogP contribution is -2.21. The average molecular weight is 247 g/mol. The van der Waals surface area contributed by atoms with E-state index in [4.69, 9.17) is 4.74 Å². The van der Waals surface area contributed by atoms with Crippen LogP contribution >= 0.6 is 0 Å². The monoisotopic (exact) mass is 247 g/mol. The summed E-state index contributed by atoms with van der Waals surface area (Å²) in [6, 6.07) is 7.59. The summed E-state index contributed by atoms with van der Waals surface area (Å²) < 4.78 is 6.56. The van der Waals surface area contributed by atoms with Crippen molar-refractivity contribution in [3.05, 3.63) is 30.0 Å². The number of carbonyl (C=O) groups is 1. The molecule has 0 aliphatic carbocycles. The third-order valence-electron chi connectivity index (χ3n) is 2.78. The van der Waals surface area contributed by atoms with Crippen molar-refractivity contribution in [3.63, 3.8) is 0 Å². The minimum Gasteiger partial charge on any atom is -0.464 e. The van der Waals surface area contributed by atoms with E-state index >= 15 is 0 Å². The van der Waals surface area contributed by atoms with E-state index < -0.39 is 0 Å². The normalized spacial score (nSPS) is 11.1. The summed E-state index contributed by atoms with van der Waals surface area (Å²) in [5.41, 5.74) is 1.34. The van der Waals surface area contributed by atoms with Gasteiger partial charge in [-0.15, -0.1) is 0 Å². The highest BCUT2D eigenvalue weighted by atomic mass is 16.5. The molecule has 5 nitrogen and oxygen atoms in total. The largest absolute Gasteiger partial charge is 0.464 e. The van der Waals surface area contributed by atoms with Crippen LogP contribution in [0.3, 0.4) is 0 Å². The molecule has 0 unspecified atom stereocenters. The van der Waals surface area contributed by atoms with Crippen molar-refractivity contribution in [2.24, 2.45) is 0 Å². The van der Waals surface area contributed by atoms with Crippen LogP contribution in [0.1, 0.15) is 10.5 Å². The highest BCUT2D eigenvalue weighted by molar-refractivity contribution is 6.02. The number of nitrogens with zero attached hydrogens (tertiary/aromatic N) is 3. The number of carbonyl (C=O) groups excluding carboxylic acids is 1. The number of ether oxygens (including phenoxy) is 1. The lowest BCUT2D eigenvalue weighted by atomic mass is 10.2. The predicted molar refractivity (Wildman–Crippen MR) is 69.6 cm³/mol. The standard InChI is InChI=1S/C13H17N3O2/c1-15(2)8-9-16-12(13(17)18-3)10-6-4-5-7-11(10)14-16/h4-7H,8-9H2,1-3H3. The molecule has 5 heteroatoms. The first kappa shape index (κ1) is 12.6. The first-order chi connectivity index (χ1) is 8.63. The lowest BCUT2D eigenvalue weighted by Gasteiger charge is -2.10. The molecule has 2 rings (SSSR count). The van der Waals surface area contributed by atoms with Crippen LogP contribution in [0.25, 0.3) is 10.9 Å². The number of benzene rings is 1. The molecule has 96 valence electrons. The fourth-order valence-corrected chi connectivity index (χ4v) is 1.85. The molecular weight excluding hydrogens is 230 g/mol. The molecular formula is C13H17N3O2. The molecule has 2 aromatic rings. The molecule has 0 saturated heterocycles. The van der Waals surface area contributed by atoms with E-state index in [1.165, 1.54) is 7.11 Å². The zero-order valence-electron chi connectivity index (χ0n) is 10.9. The summed E-state index contributed by atoms with van der Waals surface area (Å²) in [5.74, 6) is -0.345. The molecule has 1 aromatic carbocycles. The third kappa shape index (κ3) is 2.36. The van der Waals surface area contributed by atoms with Gasteiger partial charge in [-0.25, -0.2) is 4.79 Å². The second-order valence-corrected chi connectivity index (χ2v) is 4.38. The van der Waals surface area contributed by atoms with Crippen LogP contribution in [0.2, 0.25) is 0 Å². The number of hydrogen-bond donors (Lipinski definition) is 0. The zero-order chi connectivity index (χ0) is 13.1. The molecule has 0 amide bonds. The van der Waals surface area contributed by atoms with Gasteiger partial charge in [-0.3, -0.25) is 4.68 Å². The summed E-state index contributed by atoms with van der Waals surface area (Å²) in [7, 11) is 5.36. The second-order valence-electron chi connectivity index (χ2n) is 4.38. The first-order valence-corrected chi connectivity index (χ1v) is 5.82. The zero-order valence-corrected chi connectivity index (χ0v) is 10.9. The van der Waals surface area contributed by atoms with Crippen molar-refractivity contribution in [2.75, 3.05) is 27.7 Å². The number of hydrogen-bond acceptors (Lipinski definition) is 4. The number of rotatable bonds is 4. The van der Waals surface area contributed by atoms with E-state index in [-0.39, 0.29) is 5.97 Å². The Labute approximate surface area is 106 Å². The van der Waals surface area contributed by atoms with Gasteiger partial charge in [-0.05, 0) is 20.2 Å². The van der Waals surface area contributed by atoms with Crippen LogP contribution in [-0.4, -0.2) is 48.4 Å². The van der Waals surface area contributed by atoms with Crippen LogP contribution in [0.15, 0.2) is 24.3 Å². The smallest absolute Gasteiger partial charge is 0.356 e. The summed E-state index contributed by atoms with van der Waals surface area (Å²) in [6.45, 7) is 1.48. The Kier molecular flexibility index (Phi) is 3.62. The first-order valence-electron chi connectivity index (χ1n) is 5.82. The predicted octanol–water partition coefficient (Wildman–Crippen LogP) is 1.38. The molecule has 0 aliphatic heterocycles. The highest BCUT2D eigenvalue weighted by Gasteiger charge is 2.18. The Morgan fingerprint density at radius 2 is 2.11 bits per heavy atom. The molecule has 0 N–H and O–H groups in total. The van der Waals surface area contributed by atoms with Gasteiger partial charge in [0, 0.05) is 11.9 Å². The van der Waals surface area contributed by atoms with Gasteiger partial charge in [-0.2, -0.15) is 5.10 Å². The van der Waals surface area contributed by atoms with Crippen LogP contribution in [0.5, 0.6) is 0 Å². The number of esters is 1. The molecule has 0 saturated carbocycles. The Hall–Kier alpha value is -1.88. The SMILES string of the molecule is COC(=O)c1c2ccccc2nn1CCN(C)C. The van der Waals surface area contributed by atoms with Crippen molar-refractivity contribution in [2.45, 2.75) is 6.54 Å². The summed E-state index contributed by atoms with van der Waals surface area (Å²) in [4.78, 5) is 13.9. The number of fused-ring (bicyclic) bond motifs is 1. The second kappa shape index (κ2) is 5.18. The molecule has 1 aromatic heterocycles. The molecule has 0 atom stereocenters. The Morgan fingerprint density at radius 3 is 2.78 bits per heavy atom. The van der Waals surface area contributed by atoms with Gasteiger partial charge in [0.15, 0.2) is 5.69 Å². The molecule has 0 radical (unpaired) electrons. The van der Waals surface area contributed by atoms with Gasteiger partial charge in [0.25, 0.3) is 0 Å². The van der Waals surface area contributed by atoms with E-state index in [1.54, 1.807) is 4.68 Å². The average Bonchev–Trinajstić information content (AvgIpc) is 2.73. The quantitative estimate of drug-likeness (QED) is 0.766. The van der Waals surface area contributed by atoms with Gasteiger partial charge in [-0.1, -0.05) is 18.2 Å². The third-order valence-corrected chi connectivity index (χ3v) is 2.78. The molecule has 0 aliphatic rings. The van der Waals surface area contributed by atoms with E-state index in [0.717, 1.165) is 17.4 Å². The minimum absolute atomic E-state index is 0.345. The van der Waals surface area contributed by atoms with E-state index in [2.05, 4.69) is 5.10 Å². The van der Waals surface area contributed by atoms with Crippen LogP contribution in [-0.2, 0) is 11.3 Å². The molecule has 18 heavy (non-hydrogen) atoms. The maximum absolute atomic E-state index is 11.9. The number of likely N-dealkylation sites (N-methyl/N-ethyl adjacent to an activating group) is 1. The topological polar surface area (TPSA) is 47.4 Å². The van der Waals surface area contributed by atoms with Crippen molar-refractivity contribution in [1.82, 2.24) is 14.7 Å². The van der Waals surface area contributed by atoms with Gasteiger partial charge in [0.2, 0.25) is 0 Å². The van der Waals surface area contributed by atoms with Crippen molar-refractivity contribution < 1.29 is 9.53 Å². The molecule has 0 bridgehead atoms. The number of methoxy groups -OCH3 is 1. The molecule has 1 heterocycles. The molecule has 0 fully saturated rings. The fraction of sp³-hybridized carbons (Fsp3) is 0.385. The Balaban J connectivity index is 2.46. The van der Waals surface area contributed by atoms with E-state index in [0.29, 0.717) is 12.2 Å². The van der Waals surface area contributed by atoms with Gasteiger partial charge < -0.3 is 9.64 Å². The maximum Gasteiger partial charge on any atom is 0.356 e. The van der Waals surface area contributed by atoms with Crippen molar-refractivity contribution in [1.29, 1.82) is 0 Å². The summed E-state index contributed by atoms with van der Waals surface area (Å²) in [6.07, 6.45) is 0. The lowest BCUT2D eigenvalue weighted by molar-refractivity contribution is 0.0588. The number of aromatic nitrogens is 2. The highest BCUT2D eigenvalue weighted by Crippen LogP contribution is 2.18. The summed E-state index contributed by atoms with van der Waals surface area (Å²) in [5, 5.41) is 5.28. The van der Waals surface area contributed by atoms with Gasteiger partial charge in [0.1, 0.15) is 0 Å².